The van der Waals surface area contributed by atoms with Crippen LogP contribution in [0.25, 0.3) is 0 Å². The van der Waals surface area contributed by atoms with Crippen molar-refractivity contribution < 1.29 is 24.0 Å². The molecule has 26 heavy (non-hydrogen) atoms. The van der Waals surface area contributed by atoms with Gasteiger partial charge >= 0.3 is 13.1 Å². The van der Waals surface area contributed by atoms with Crippen molar-refractivity contribution >= 4 is 24.3 Å². The molecular formula is C20H21BO5. The Bertz CT molecular complexity index is 839. The molecule has 1 heterocycles. The number of hydrogen-bond donors (Lipinski definition) is 1. The lowest BCUT2D eigenvalue weighted by molar-refractivity contribution is 0.00578. The minimum absolute atomic E-state index is 0.00691. The summed E-state index contributed by atoms with van der Waals surface area (Å²) >= 11 is 0. The van der Waals surface area contributed by atoms with E-state index in [1.165, 1.54) is 12.1 Å². The molecule has 1 aliphatic rings. The first-order valence-electron chi connectivity index (χ1n) is 8.45. The summed E-state index contributed by atoms with van der Waals surface area (Å²) in [6, 6.07) is 13.1. The number of hydrogen-bond acceptors (Lipinski definition) is 4. The van der Waals surface area contributed by atoms with Crippen molar-refractivity contribution in [3.63, 3.8) is 0 Å². The maximum absolute atomic E-state index is 12.7. The van der Waals surface area contributed by atoms with Gasteiger partial charge in [0.05, 0.1) is 16.8 Å². The molecule has 134 valence electrons. The summed E-state index contributed by atoms with van der Waals surface area (Å²) in [6.07, 6.45) is 0. The molecular weight excluding hydrogens is 331 g/mol. The summed E-state index contributed by atoms with van der Waals surface area (Å²) in [6.45, 7) is 7.92. The molecule has 1 fully saturated rings. The van der Waals surface area contributed by atoms with Crippen molar-refractivity contribution in [1.82, 2.24) is 0 Å². The second-order valence-corrected chi connectivity index (χ2v) is 7.39. The van der Waals surface area contributed by atoms with Crippen LogP contribution in [-0.2, 0) is 9.31 Å². The zero-order valence-corrected chi connectivity index (χ0v) is 15.3. The van der Waals surface area contributed by atoms with Crippen LogP contribution in [0.4, 0.5) is 0 Å². The number of carboxylic acids is 1. The van der Waals surface area contributed by atoms with Crippen molar-refractivity contribution in [2.45, 2.75) is 38.9 Å². The van der Waals surface area contributed by atoms with E-state index in [4.69, 9.17) is 9.31 Å². The number of carbonyl (C=O) groups excluding carboxylic acids is 1. The summed E-state index contributed by atoms with van der Waals surface area (Å²) in [5.74, 6) is -1.45. The highest BCUT2D eigenvalue weighted by Crippen LogP contribution is 2.36. The monoisotopic (exact) mass is 352 g/mol. The smallest absolute Gasteiger partial charge is 0.478 e. The van der Waals surface area contributed by atoms with E-state index in [2.05, 4.69) is 0 Å². The van der Waals surface area contributed by atoms with Gasteiger partial charge in [-0.2, -0.15) is 0 Å². The van der Waals surface area contributed by atoms with E-state index in [1.807, 2.05) is 27.7 Å². The summed E-state index contributed by atoms with van der Waals surface area (Å²) in [4.78, 5) is 24.0. The van der Waals surface area contributed by atoms with Gasteiger partial charge in [-0.05, 0) is 39.2 Å². The Morgan fingerprint density at radius 3 is 1.85 bits per heavy atom. The van der Waals surface area contributed by atoms with Crippen LogP contribution in [-0.4, -0.2) is 35.2 Å². The van der Waals surface area contributed by atoms with Crippen LogP contribution in [0.2, 0.25) is 0 Å². The first-order valence-corrected chi connectivity index (χ1v) is 8.45. The summed E-state index contributed by atoms with van der Waals surface area (Å²) in [5, 5.41) is 9.26. The molecule has 5 nitrogen and oxygen atoms in total. The Labute approximate surface area is 153 Å². The van der Waals surface area contributed by atoms with Gasteiger partial charge in [0.2, 0.25) is 0 Å². The van der Waals surface area contributed by atoms with Crippen LogP contribution in [0.3, 0.4) is 0 Å². The molecule has 0 saturated carbocycles. The average Bonchev–Trinajstić information content (AvgIpc) is 2.82. The number of carboxylic acid groups (broad SMARTS) is 1. The summed E-state index contributed by atoms with van der Waals surface area (Å²) in [7, 11) is -0.504. The molecule has 0 atom stereocenters. The Morgan fingerprint density at radius 2 is 1.35 bits per heavy atom. The van der Waals surface area contributed by atoms with E-state index >= 15 is 0 Å². The first-order chi connectivity index (χ1) is 12.1. The maximum atomic E-state index is 12.7. The standard InChI is InChI=1S/C20H21BO5/c1-19(2)20(3,4)26-21(25-19)14-11-9-13(10-12-14)17(22)15-7-5-6-8-16(15)18(23)24/h5-12H,1-4H3,(H,23,24). The third-order valence-corrected chi connectivity index (χ3v) is 5.10. The molecule has 6 heteroatoms. The predicted octanol–water partition coefficient (Wildman–Crippen LogP) is 2.92. The molecule has 0 aliphatic carbocycles. The highest BCUT2D eigenvalue weighted by Gasteiger charge is 2.51. The van der Waals surface area contributed by atoms with Gasteiger partial charge in [0, 0.05) is 11.1 Å². The number of ketones is 1. The minimum atomic E-state index is -1.12. The molecule has 0 unspecified atom stereocenters. The lowest BCUT2D eigenvalue weighted by Crippen LogP contribution is -2.41. The van der Waals surface area contributed by atoms with Crippen molar-refractivity contribution in [1.29, 1.82) is 0 Å². The third kappa shape index (κ3) is 3.18. The van der Waals surface area contributed by atoms with Gasteiger partial charge in [0.1, 0.15) is 0 Å². The van der Waals surface area contributed by atoms with E-state index in [0.717, 1.165) is 5.46 Å². The molecule has 0 bridgehead atoms. The minimum Gasteiger partial charge on any atom is -0.478 e. The van der Waals surface area contributed by atoms with E-state index < -0.39 is 24.3 Å². The largest absolute Gasteiger partial charge is 0.494 e. The van der Waals surface area contributed by atoms with E-state index in [0.29, 0.717) is 5.56 Å². The van der Waals surface area contributed by atoms with E-state index in [-0.39, 0.29) is 16.9 Å². The second-order valence-electron chi connectivity index (χ2n) is 7.39. The SMILES string of the molecule is CC1(C)OB(c2ccc(C(=O)c3ccccc3C(=O)O)cc2)OC1(C)C. The summed E-state index contributed by atoms with van der Waals surface area (Å²) < 4.78 is 12.0. The van der Waals surface area contributed by atoms with Crippen LogP contribution in [0.1, 0.15) is 54.0 Å². The highest BCUT2D eigenvalue weighted by atomic mass is 16.7. The van der Waals surface area contributed by atoms with Crippen LogP contribution in [0, 0.1) is 0 Å². The van der Waals surface area contributed by atoms with Gasteiger partial charge in [-0.3, -0.25) is 4.79 Å². The second kappa shape index (κ2) is 6.38. The fraction of sp³-hybridized carbons (Fsp3) is 0.300. The highest BCUT2D eigenvalue weighted by molar-refractivity contribution is 6.62. The van der Waals surface area contributed by atoms with Crippen LogP contribution in [0.15, 0.2) is 48.5 Å². The van der Waals surface area contributed by atoms with Crippen molar-refractivity contribution in [3.05, 3.63) is 65.2 Å². The average molecular weight is 352 g/mol. The van der Waals surface area contributed by atoms with Gasteiger partial charge in [-0.25, -0.2) is 4.79 Å². The fourth-order valence-corrected chi connectivity index (χ4v) is 2.79. The van der Waals surface area contributed by atoms with Crippen LogP contribution >= 0.6 is 0 Å². The topological polar surface area (TPSA) is 72.8 Å². The zero-order chi connectivity index (χ0) is 19.1. The normalized spacial score (nSPS) is 17.9. The molecule has 2 aromatic rings. The molecule has 2 aromatic carbocycles. The molecule has 0 aromatic heterocycles. The van der Waals surface area contributed by atoms with Crippen molar-refractivity contribution in [3.8, 4) is 0 Å². The van der Waals surface area contributed by atoms with Gasteiger partial charge in [-0.1, -0.05) is 42.5 Å². The lowest BCUT2D eigenvalue weighted by Gasteiger charge is -2.32. The Morgan fingerprint density at radius 1 is 0.846 bits per heavy atom. The number of rotatable bonds is 4. The molecule has 0 amide bonds. The molecule has 1 saturated heterocycles. The molecule has 3 rings (SSSR count). The van der Waals surface area contributed by atoms with Crippen LogP contribution < -0.4 is 5.46 Å². The first kappa shape index (κ1) is 18.4. The van der Waals surface area contributed by atoms with Gasteiger partial charge in [0.15, 0.2) is 5.78 Å². The fourth-order valence-electron chi connectivity index (χ4n) is 2.79. The lowest BCUT2D eigenvalue weighted by atomic mass is 9.78. The summed E-state index contributed by atoms with van der Waals surface area (Å²) in [5.41, 5.74) is 0.515. The molecule has 1 aliphatic heterocycles. The Kier molecular flexibility index (Phi) is 4.50. The predicted molar refractivity (Wildman–Crippen MR) is 99.0 cm³/mol. The van der Waals surface area contributed by atoms with Crippen molar-refractivity contribution in [2.75, 3.05) is 0 Å². The van der Waals surface area contributed by atoms with E-state index in [9.17, 15) is 14.7 Å². The van der Waals surface area contributed by atoms with Gasteiger partial charge in [0.25, 0.3) is 0 Å². The Balaban J connectivity index is 1.85. The van der Waals surface area contributed by atoms with Crippen molar-refractivity contribution in [2.24, 2.45) is 0 Å². The van der Waals surface area contributed by atoms with E-state index in [1.54, 1.807) is 36.4 Å². The number of benzene rings is 2. The maximum Gasteiger partial charge on any atom is 0.494 e. The Hall–Kier alpha value is -2.44. The van der Waals surface area contributed by atoms with Gasteiger partial charge < -0.3 is 14.4 Å². The number of carbonyl (C=O) groups is 2. The van der Waals surface area contributed by atoms with Crippen LogP contribution in [0.5, 0.6) is 0 Å². The quantitative estimate of drug-likeness (QED) is 0.677. The number of aromatic carboxylic acids is 1. The van der Waals surface area contributed by atoms with Gasteiger partial charge in [-0.15, -0.1) is 0 Å². The molecule has 0 spiro atoms. The molecule has 0 radical (unpaired) electrons. The molecule has 1 N–H and O–H groups in total. The third-order valence-electron chi connectivity index (χ3n) is 5.10. The zero-order valence-electron chi connectivity index (χ0n) is 15.3.